The van der Waals surface area contributed by atoms with E-state index in [2.05, 4.69) is 36.1 Å². The van der Waals surface area contributed by atoms with Gasteiger partial charge < -0.3 is 37.1 Å². The van der Waals surface area contributed by atoms with Gasteiger partial charge in [-0.25, -0.2) is 9.97 Å². The number of aromatic nitrogens is 2. The Morgan fingerprint density at radius 1 is 0.923 bits per heavy atom. The van der Waals surface area contributed by atoms with Crippen LogP contribution < -0.4 is 37.6 Å². The minimum atomic E-state index is -0.994. The molecule has 5 heterocycles. The second-order valence-electron chi connectivity index (χ2n) is 17.4. The number of hydrogen-bond acceptors (Lipinski definition) is 14. The number of hydrogen-bond donors (Lipinski definition) is 6. The molecule has 3 aromatic rings. The Morgan fingerprint density at radius 3 is 2.29 bits per heavy atom. The molecule has 1 aromatic heterocycles. The van der Waals surface area contributed by atoms with Crippen molar-refractivity contribution in [2.24, 2.45) is 11.1 Å². The summed E-state index contributed by atoms with van der Waals surface area (Å²) in [6.45, 7) is 5.49. The molecule has 348 valence electrons. The number of nitrogens with two attached hydrogens (primary N) is 2. The monoisotopic (exact) mass is 930 g/mol. The lowest BCUT2D eigenvalue weighted by Gasteiger charge is -2.41. The molecule has 2 aromatic carbocycles. The van der Waals surface area contributed by atoms with Crippen LogP contribution in [0.25, 0.3) is 0 Å². The molecule has 7 rings (SSSR count). The fraction of sp³-hybridized carbons (Fsp3) is 0.522. The Morgan fingerprint density at radius 2 is 1.60 bits per heavy atom. The highest BCUT2D eigenvalue weighted by molar-refractivity contribution is 7.99. The Hall–Kier alpha value is -5.30. The van der Waals surface area contributed by atoms with Crippen LogP contribution in [0.15, 0.2) is 52.5 Å². The van der Waals surface area contributed by atoms with E-state index in [9.17, 15) is 28.8 Å². The van der Waals surface area contributed by atoms with Gasteiger partial charge in [0.05, 0.1) is 40.7 Å². The molecule has 4 aliphatic heterocycles. The summed E-state index contributed by atoms with van der Waals surface area (Å²) in [5, 5.41) is 12.1. The molecular weight excluding hydrogens is 872 g/mol. The smallest absolute Gasteiger partial charge is 0.264 e. The third-order valence-corrected chi connectivity index (χ3v) is 14.5. The normalized spacial score (nSPS) is 20.3. The number of unbranched alkanes of at least 4 members (excludes halogenated alkanes) is 7. The number of rotatable bonds is 20. The van der Waals surface area contributed by atoms with E-state index in [-0.39, 0.29) is 72.0 Å². The average molecular weight is 932 g/mol. The number of nitrogens with zero attached hydrogens (tertiary/aromatic N) is 4. The molecule has 8 N–H and O–H groups in total. The van der Waals surface area contributed by atoms with Gasteiger partial charge in [0.15, 0.2) is 5.82 Å². The lowest BCUT2D eigenvalue weighted by atomic mass is 9.73. The zero-order valence-corrected chi connectivity index (χ0v) is 38.4. The molecular formula is C46H59ClN10O7S. The van der Waals surface area contributed by atoms with Gasteiger partial charge in [0.25, 0.3) is 11.8 Å². The Balaban J connectivity index is 0.725. The van der Waals surface area contributed by atoms with Gasteiger partial charge in [0, 0.05) is 67.5 Å². The van der Waals surface area contributed by atoms with Crippen molar-refractivity contribution in [2.45, 2.75) is 125 Å². The molecule has 0 saturated carbocycles. The minimum absolute atomic E-state index is 0.00215. The summed E-state index contributed by atoms with van der Waals surface area (Å²) < 4.78 is 5.85. The molecule has 17 nitrogen and oxygen atoms in total. The van der Waals surface area contributed by atoms with Gasteiger partial charge in [0.1, 0.15) is 16.9 Å². The van der Waals surface area contributed by atoms with Crippen LogP contribution in [0.3, 0.4) is 0 Å². The molecule has 3 saturated heterocycles. The van der Waals surface area contributed by atoms with Crippen LogP contribution in [0.5, 0.6) is 0 Å². The van der Waals surface area contributed by atoms with Gasteiger partial charge in [-0.05, 0) is 63.3 Å². The second-order valence-corrected chi connectivity index (χ2v) is 18.8. The number of piperidine rings is 2. The van der Waals surface area contributed by atoms with E-state index in [0.29, 0.717) is 51.8 Å². The van der Waals surface area contributed by atoms with Gasteiger partial charge in [-0.3, -0.25) is 39.0 Å². The number of nitrogens with one attached hydrogen (secondary N) is 4. The van der Waals surface area contributed by atoms with Crippen molar-refractivity contribution in [3.8, 4) is 0 Å². The molecule has 6 amide bonds. The van der Waals surface area contributed by atoms with E-state index in [1.165, 1.54) is 11.8 Å². The van der Waals surface area contributed by atoms with E-state index in [4.69, 9.17) is 27.8 Å². The molecule has 0 bridgehead atoms. The van der Waals surface area contributed by atoms with Crippen molar-refractivity contribution < 1.29 is 33.5 Å². The van der Waals surface area contributed by atoms with E-state index in [0.717, 1.165) is 82.2 Å². The van der Waals surface area contributed by atoms with Gasteiger partial charge in [0.2, 0.25) is 23.6 Å². The van der Waals surface area contributed by atoms with Gasteiger partial charge >= 0.3 is 0 Å². The van der Waals surface area contributed by atoms with Gasteiger partial charge in [-0.1, -0.05) is 74.0 Å². The highest BCUT2D eigenvalue weighted by atomic mass is 35.5. The quantitative estimate of drug-likeness (QED) is 0.0592. The van der Waals surface area contributed by atoms with Crippen LogP contribution in [0.4, 0.5) is 23.0 Å². The predicted molar refractivity (Wildman–Crippen MR) is 249 cm³/mol. The van der Waals surface area contributed by atoms with Crippen LogP contribution >= 0.6 is 23.4 Å². The second kappa shape index (κ2) is 21.8. The molecule has 0 radical (unpaired) electrons. The first-order chi connectivity index (χ1) is 31.3. The average Bonchev–Trinajstić information content (AvgIpc) is 3.71. The van der Waals surface area contributed by atoms with Crippen LogP contribution in [-0.2, 0) is 23.9 Å². The molecule has 65 heavy (non-hydrogen) atoms. The summed E-state index contributed by atoms with van der Waals surface area (Å²) in [5.41, 5.74) is 14.4. The fourth-order valence-corrected chi connectivity index (χ4v) is 10.1. The van der Waals surface area contributed by atoms with E-state index in [1.54, 1.807) is 36.5 Å². The van der Waals surface area contributed by atoms with Gasteiger partial charge in [-0.2, -0.15) is 0 Å². The van der Waals surface area contributed by atoms with Crippen molar-refractivity contribution >= 4 is 81.8 Å². The number of imide groups is 2. The molecule has 19 heteroatoms. The predicted octanol–water partition coefficient (Wildman–Crippen LogP) is 5.67. The van der Waals surface area contributed by atoms with Crippen LogP contribution in [0.1, 0.15) is 118 Å². The van der Waals surface area contributed by atoms with Gasteiger partial charge in [-0.15, -0.1) is 0 Å². The Kier molecular flexibility index (Phi) is 16.0. The number of ether oxygens (including phenoxy) is 1. The Bertz CT molecular complexity index is 2270. The summed E-state index contributed by atoms with van der Waals surface area (Å²) in [4.78, 5) is 88.6. The molecule has 1 spiro atoms. The third kappa shape index (κ3) is 11.4. The molecule has 4 aliphatic rings. The highest BCUT2D eigenvalue weighted by Gasteiger charge is 2.48. The number of amides is 6. The number of halogens is 1. The van der Waals surface area contributed by atoms with Crippen molar-refractivity contribution in [3.63, 3.8) is 0 Å². The molecule has 3 atom stereocenters. The number of benzene rings is 2. The van der Waals surface area contributed by atoms with E-state index < -0.39 is 29.7 Å². The number of fused-ring (bicyclic) bond motifs is 1. The maximum atomic E-state index is 13.3. The SMILES string of the molecule is C[C@@H]1OCC2(CCN(c3cnc(Sc4cccc(NC(=O)CCC(=O)NCCCCCCCCCCNc5cccc6c5C(=O)N(C5CCC(=O)NC5=O)C6=O)c4Cl)c(N)n3)CC2)[C@@H]1N. The van der Waals surface area contributed by atoms with E-state index in [1.807, 2.05) is 13.0 Å². The largest absolute Gasteiger partial charge is 0.384 e. The number of carbonyl (C=O) groups is 6. The summed E-state index contributed by atoms with van der Waals surface area (Å²) in [5.74, 6) is -1.57. The summed E-state index contributed by atoms with van der Waals surface area (Å²) >= 11 is 7.98. The first-order valence-electron chi connectivity index (χ1n) is 22.7. The lowest BCUT2D eigenvalue weighted by molar-refractivity contribution is -0.136. The maximum absolute atomic E-state index is 13.3. The van der Waals surface area contributed by atoms with Crippen molar-refractivity contribution in [3.05, 3.63) is 58.7 Å². The maximum Gasteiger partial charge on any atom is 0.264 e. The molecule has 3 fully saturated rings. The lowest BCUT2D eigenvalue weighted by Crippen LogP contribution is -2.54. The first kappa shape index (κ1) is 47.7. The van der Waals surface area contributed by atoms with E-state index >= 15 is 0 Å². The highest BCUT2D eigenvalue weighted by Crippen LogP contribution is 2.43. The number of carbonyl (C=O) groups excluding carboxylic acids is 6. The summed E-state index contributed by atoms with van der Waals surface area (Å²) in [7, 11) is 0. The molecule has 0 aliphatic carbocycles. The summed E-state index contributed by atoms with van der Waals surface area (Å²) in [6, 6.07) is 9.40. The minimum Gasteiger partial charge on any atom is -0.384 e. The van der Waals surface area contributed by atoms with Crippen molar-refractivity contribution in [2.75, 3.05) is 54.1 Å². The third-order valence-electron chi connectivity index (χ3n) is 12.9. The molecule has 1 unspecified atom stereocenters. The fourth-order valence-electron chi connectivity index (χ4n) is 9.01. The zero-order valence-electron chi connectivity index (χ0n) is 36.8. The van der Waals surface area contributed by atoms with Crippen LogP contribution in [0.2, 0.25) is 5.02 Å². The van der Waals surface area contributed by atoms with Crippen LogP contribution in [0, 0.1) is 5.41 Å². The van der Waals surface area contributed by atoms with Crippen molar-refractivity contribution in [1.29, 1.82) is 0 Å². The van der Waals surface area contributed by atoms with Crippen LogP contribution in [-0.4, -0.2) is 101 Å². The number of anilines is 4. The van der Waals surface area contributed by atoms with Crippen molar-refractivity contribution in [1.82, 2.24) is 25.5 Å². The Labute approximate surface area is 388 Å². The summed E-state index contributed by atoms with van der Waals surface area (Å²) in [6.07, 6.45) is 11.9. The zero-order chi connectivity index (χ0) is 46.1. The standard InChI is InChI=1S/C46H59ClN10O7S/c1-28-40(48)46(27-64-28)20-24-56(25-21-46)34-26-52-43(41(49)54-34)65-33-15-11-14-31(39(33)47)53-36(59)19-18-35(58)51-23-9-7-5-3-2-4-6-8-22-50-30-13-10-12-29-38(30)45(63)57(44(29)62)32-16-17-37(60)55-42(32)61/h10-15,26,28,32,40,50H,2-9,16-25,27,48H2,1H3,(H2,49,54)(H,51,58)(H,53,59)(H,55,60,61)/t28-,32?,40+/m0/s1. The number of nitrogen functional groups attached to an aromatic ring is 1. The first-order valence-corrected chi connectivity index (χ1v) is 23.9. The topological polar surface area (TPSA) is 244 Å².